The molecule has 8 heteroatoms. The number of nitrogens with one attached hydrogen (secondary N) is 2. The Morgan fingerprint density at radius 2 is 1.70 bits per heavy atom. The van der Waals surface area contributed by atoms with Crippen LogP contribution < -0.4 is 10.6 Å². The van der Waals surface area contributed by atoms with Crippen molar-refractivity contribution in [2.45, 2.75) is 104 Å². The first-order chi connectivity index (χ1) is 13.4. The maximum atomic E-state index is 12.6. The zero-order valence-corrected chi connectivity index (χ0v) is 22.4. The van der Waals surface area contributed by atoms with Crippen LogP contribution in [0.4, 0.5) is 4.79 Å². The van der Waals surface area contributed by atoms with Crippen molar-refractivity contribution >= 4 is 36.0 Å². The minimum atomic E-state index is -0.457. The lowest BCUT2D eigenvalue weighted by molar-refractivity contribution is 0.00542. The fraction of sp³-hybridized carbons (Fsp3) is 0.909. The van der Waals surface area contributed by atoms with Crippen molar-refractivity contribution in [3.63, 3.8) is 0 Å². The summed E-state index contributed by atoms with van der Waals surface area (Å²) < 4.78 is 11.3. The normalized spacial score (nSPS) is 25.4. The van der Waals surface area contributed by atoms with Gasteiger partial charge in [0.25, 0.3) is 0 Å². The summed E-state index contributed by atoms with van der Waals surface area (Å²) in [6.45, 7) is 15.8. The highest BCUT2D eigenvalue weighted by molar-refractivity contribution is 14.0. The van der Waals surface area contributed by atoms with Gasteiger partial charge in [-0.05, 0) is 58.8 Å². The second kappa shape index (κ2) is 11.2. The number of aliphatic imine (C=N–C) groups is 1. The van der Waals surface area contributed by atoms with Gasteiger partial charge in [-0.25, -0.2) is 4.79 Å². The van der Waals surface area contributed by atoms with Crippen LogP contribution in [-0.2, 0) is 9.47 Å². The Balaban J connectivity index is 0.00000450. The van der Waals surface area contributed by atoms with Crippen LogP contribution in [0.25, 0.3) is 0 Å². The lowest BCUT2D eigenvalue weighted by Crippen LogP contribution is -2.55. The van der Waals surface area contributed by atoms with Crippen LogP contribution in [0.15, 0.2) is 4.99 Å². The lowest BCUT2D eigenvalue weighted by Gasteiger charge is -2.40. The topological polar surface area (TPSA) is 75.2 Å². The third-order valence-corrected chi connectivity index (χ3v) is 5.69. The Morgan fingerprint density at radius 1 is 1.13 bits per heavy atom. The van der Waals surface area contributed by atoms with E-state index in [9.17, 15) is 4.79 Å². The molecule has 0 radical (unpaired) electrons. The third-order valence-electron chi connectivity index (χ3n) is 5.69. The molecule has 2 heterocycles. The van der Waals surface area contributed by atoms with Crippen molar-refractivity contribution in [2.24, 2.45) is 10.4 Å². The van der Waals surface area contributed by atoms with E-state index in [0.29, 0.717) is 12.6 Å². The number of hydrogen-bond donors (Lipinski definition) is 2. The number of piperidine rings is 1. The SMILES string of the molecule is CCNC(=NCC(OC)C(C)(C)C)NC1CC2CCC(C1)N2C(=O)OC(C)(C)C.I. The van der Waals surface area contributed by atoms with E-state index in [4.69, 9.17) is 14.5 Å². The number of ether oxygens (including phenoxy) is 2. The Morgan fingerprint density at radius 3 is 2.13 bits per heavy atom. The molecule has 2 rings (SSSR count). The zero-order valence-electron chi connectivity index (χ0n) is 20.1. The molecule has 2 N–H and O–H groups in total. The number of halogens is 1. The predicted octanol–water partition coefficient (Wildman–Crippen LogP) is 4.15. The molecular weight excluding hydrogens is 495 g/mol. The van der Waals surface area contributed by atoms with Crippen molar-refractivity contribution in [3.8, 4) is 0 Å². The molecular formula is C22H43IN4O3. The summed E-state index contributed by atoms with van der Waals surface area (Å²) in [6, 6.07) is 0.787. The molecule has 7 nitrogen and oxygen atoms in total. The first-order valence-corrected chi connectivity index (χ1v) is 11.0. The van der Waals surface area contributed by atoms with Crippen LogP contribution in [0, 0.1) is 5.41 Å². The number of hydrogen-bond acceptors (Lipinski definition) is 4. The summed E-state index contributed by atoms with van der Waals surface area (Å²) in [5.41, 5.74) is -0.422. The number of amides is 1. The van der Waals surface area contributed by atoms with Gasteiger partial charge in [-0.1, -0.05) is 20.8 Å². The summed E-state index contributed by atoms with van der Waals surface area (Å²) in [6.07, 6.45) is 3.83. The molecule has 3 atom stereocenters. The van der Waals surface area contributed by atoms with E-state index < -0.39 is 5.60 Å². The quantitative estimate of drug-likeness (QED) is 0.313. The molecule has 0 saturated carbocycles. The first-order valence-electron chi connectivity index (χ1n) is 11.0. The van der Waals surface area contributed by atoms with Crippen LogP contribution in [-0.4, -0.2) is 67.0 Å². The van der Waals surface area contributed by atoms with Gasteiger partial charge in [0.15, 0.2) is 5.96 Å². The molecule has 2 saturated heterocycles. The van der Waals surface area contributed by atoms with Gasteiger partial charge in [0, 0.05) is 31.8 Å². The van der Waals surface area contributed by atoms with Crippen molar-refractivity contribution in [3.05, 3.63) is 0 Å². The maximum Gasteiger partial charge on any atom is 0.410 e. The molecule has 2 aliphatic rings. The van der Waals surface area contributed by atoms with Gasteiger partial charge in [0.05, 0.1) is 12.6 Å². The number of carbonyl (C=O) groups excluding carboxylic acids is 1. The van der Waals surface area contributed by atoms with Gasteiger partial charge in [0.2, 0.25) is 0 Å². The van der Waals surface area contributed by atoms with E-state index in [-0.39, 0.29) is 53.7 Å². The molecule has 0 aromatic heterocycles. The summed E-state index contributed by atoms with van der Waals surface area (Å²) >= 11 is 0. The van der Waals surface area contributed by atoms with Crippen LogP contribution >= 0.6 is 24.0 Å². The highest BCUT2D eigenvalue weighted by atomic mass is 127. The smallest absolute Gasteiger partial charge is 0.410 e. The number of guanidine groups is 1. The van der Waals surface area contributed by atoms with E-state index in [2.05, 4.69) is 38.3 Å². The Labute approximate surface area is 200 Å². The van der Waals surface area contributed by atoms with Crippen LogP contribution in [0.5, 0.6) is 0 Å². The zero-order chi connectivity index (χ0) is 21.8. The van der Waals surface area contributed by atoms with E-state index in [1.807, 2.05) is 25.7 Å². The largest absolute Gasteiger partial charge is 0.444 e. The summed E-state index contributed by atoms with van der Waals surface area (Å²) in [7, 11) is 1.75. The molecule has 2 aliphatic heterocycles. The number of nitrogens with zero attached hydrogens (tertiary/aromatic N) is 2. The molecule has 2 bridgehead atoms. The van der Waals surface area contributed by atoms with Crippen LogP contribution in [0.1, 0.15) is 74.1 Å². The highest BCUT2D eigenvalue weighted by Gasteiger charge is 2.45. The van der Waals surface area contributed by atoms with E-state index >= 15 is 0 Å². The van der Waals surface area contributed by atoms with Crippen LogP contribution in [0.2, 0.25) is 0 Å². The van der Waals surface area contributed by atoms with Crippen molar-refractivity contribution in [1.29, 1.82) is 0 Å². The summed E-state index contributed by atoms with van der Waals surface area (Å²) in [5, 5.41) is 6.95. The van der Waals surface area contributed by atoms with E-state index in [1.165, 1.54) is 0 Å². The number of carbonyl (C=O) groups is 1. The Hall–Kier alpha value is -0.770. The minimum Gasteiger partial charge on any atom is -0.444 e. The van der Waals surface area contributed by atoms with Gasteiger partial charge in [0.1, 0.15) is 5.60 Å². The van der Waals surface area contributed by atoms with Gasteiger partial charge in [-0.2, -0.15) is 0 Å². The fourth-order valence-corrected chi connectivity index (χ4v) is 4.30. The van der Waals surface area contributed by atoms with Gasteiger partial charge in [-0.15, -0.1) is 24.0 Å². The molecule has 1 amide bonds. The fourth-order valence-electron chi connectivity index (χ4n) is 4.30. The average molecular weight is 539 g/mol. The Bertz CT molecular complexity index is 572. The molecule has 0 aliphatic carbocycles. The van der Waals surface area contributed by atoms with Crippen LogP contribution in [0.3, 0.4) is 0 Å². The lowest BCUT2D eigenvalue weighted by atomic mass is 9.89. The molecule has 176 valence electrons. The van der Waals surface area contributed by atoms with Crippen molar-refractivity contribution < 1.29 is 14.3 Å². The van der Waals surface area contributed by atoms with E-state index in [0.717, 1.165) is 38.2 Å². The van der Waals surface area contributed by atoms with Gasteiger partial charge >= 0.3 is 6.09 Å². The van der Waals surface area contributed by atoms with Crippen molar-refractivity contribution in [1.82, 2.24) is 15.5 Å². The van der Waals surface area contributed by atoms with Gasteiger partial charge < -0.3 is 25.0 Å². The third kappa shape index (κ3) is 7.73. The summed E-state index contributed by atoms with van der Waals surface area (Å²) in [4.78, 5) is 19.4. The maximum absolute atomic E-state index is 12.6. The average Bonchev–Trinajstić information content (AvgIpc) is 2.84. The number of fused-ring (bicyclic) bond motifs is 2. The standard InChI is InChI=1S/C22H42N4O3.HI/c1-9-23-19(24-14-18(28-8)21(2,3)4)25-15-12-16-10-11-17(13-15)26(16)20(27)29-22(5,6)7;/h15-18H,9-14H2,1-8H3,(H2,23,24,25);1H. The number of rotatable bonds is 5. The van der Waals surface area contributed by atoms with Gasteiger partial charge in [-0.3, -0.25) is 4.99 Å². The Kier molecular flexibility index (Phi) is 10.2. The number of methoxy groups -OCH3 is 1. The second-order valence-corrected chi connectivity index (χ2v) is 10.4. The van der Waals surface area contributed by atoms with Crippen molar-refractivity contribution in [2.75, 3.05) is 20.2 Å². The molecule has 3 unspecified atom stereocenters. The van der Waals surface area contributed by atoms with E-state index in [1.54, 1.807) is 7.11 Å². The molecule has 30 heavy (non-hydrogen) atoms. The first kappa shape index (κ1) is 27.3. The predicted molar refractivity (Wildman–Crippen MR) is 133 cm³/mol. The molecule has 0 aromatic carbocycles. The minimum absolute atomic E-state index is 0. The highest BCUT2D eigenvalue weighted by Crippen LogP contribution is 2.36. The molecule has 0 spiro atoms. The molecule has 0 aromatic rings. The molecule has 2 fully saturated rings. The monoisotopic (exact) mass is 538 g/mol. The summed E-state index contributed by atoms with van der Waals surface area (Å²) in [5.74, 6) is 0.828. The second-order valence-electron chi connectivity index (χ2n) is 10.4.